The van der Waals surface area contributed by atoms with Crippen molar-refractivity contribution >= 4 is 11.6 Å². The fourth-order valence-electron chi connectivity index (χ4n) is 2.64. The first kappa shape index (κ1) is 20.2. The smallest absolute Gasteiger partial charge is 0.335 e. The van der Waals surface area contributed by atoms with Crippen molar-refractivity contribution in [1.29, 1.82) is 0 Å². The highest BCUT2D eigenvalue weighted by Crippen LogP contribution is 2.16. The van der Waals surface area contributed by atoms with Gasteiger partial charge >= 0.3 is 5.69 Å². The fraction of sp³-hybridized carbons (Fsp3) is 0.368. The number of para-hydroxylation sites is 1. The summed E-state index contributed by atoms with van der Waals surface area (Å²) >= 11 is 0. The minimum Gasteiger partial charge on any atom is -0.493 e. The zero-order valence-electron chi connectivity index (χ0n) is 15.5. The van der Waals surface area contributed by atoms with Crippen LogP contribution in [-0.2, 0) is 4.79 Å². The average Bonchev–Trinajstić information content (AvgIpc) is 2.64. The minimum absolute atomic E-state index is 0.0975. The van der Waals surface area contributed by atoms with Gasteiger partial charge in [0.2, 0.25) is 11.8 Å². The maximum absolute atomic E-state index is 12.2. The number of rotatable bonds is 8. The van der Waals surface area contributed by atoms with Crippen LogP contribution >= 0.6 is 0 Å². The lowest BCUT2D eigenvalue weighted by Crippen LogP contribution is -2.33. The van der Waals surface area contributed by atoms with Crippen LogP contribution in [0.4, 0.5) is 0 Å². The van der Waals surface area contributed by atoms with Gasteiger partial charge in [-0.3, -0.25) is 14.6 Å². The molecule has 2 aromatic rings. The lowest BCUT2D eigenvalue weighted by molar-refractivity contribution is -0.121. The van der Waals surface area contributed by atoms with Crippen LogP contribution in [0.3, 0.4) is 0 Å². The highest BCUT2D eigenvalue weighted by molar-refractivity contribution is 6.00. The summed E-state index contributed by atoms with van der Waals surface area (Å²) in [6.07, 6.45) is 4.22. The number of carbonyl (C=O) groups is 1. The second-order valence-electron chi connectivity index (χ2n) is 6.17. The Bertz CT molecular complexity index is 929. The number of nitrogens with one attached hydrogen (secondary N) is 2. The quantitative estimate of drug-likeness (QED) is 0.373. The van der Waals surface area contributed by atoms with Crippen LogP contribution in [0.25, 0.3) is 5.69 Å². The minimum atomic E-state index is -0.775. The molecule has 2 rings (SSSR count). The molecule has 1 aromatic heterocycles. The fourth-order valence-corrected chi connectivity index (χ4v) is 2.64. The number of hydrogen-bond donors (Lipinski definition) is 3. The predicted octanol–water partition coefficient (Wildman–Crippen LogP) is 2.04. The third-order valence-electron chi connectivity index (χ3n) is 4.07. The van der Waals surface area contributed by atoms with E-state index in [9.17, 15) is 19.5 Å². The normalized spacial score (nSPS) is 11.4. The summed E-state index contributed by atoms with van der Waals surface area (Å²) in [4.78, 5) is 38.3. The van der Waals surface area contributed by atoms with Gasteiger partial charge in [0.05, 0.1) is 11.4 Å². The molecule has 0 bridgehead atoms. The number of carbonyl (C=O) groups excluding carboxylic acids is 1. The number of aromatic hydroxyl groups is 1. The number of amides is 1. The molecule has 1 aromatic carbocycles. The van der Waals surface area contributed by atoms with Crippen molar-refractivity contribution in [2.45, 2.75) is 46.0 Å². The Morgan fingerprint density at radius 1 is 1.19 bits per heavy atom. The van der Waals surface area contributed by atoms with E-state index in [-0.39, 0.29) is 17.2 Å². The number of nitrogens with zero attached hydrogens (tertiary/aromatic N) is 2. The predicted molar refractivity (Wildman–Crippen MR) is 103 cm³/mol. The molecular formula is C19H24N4O4. The maximum Gasteiger partial charge on any atom is 0.335 e. The van der Waals surface area contributed by atoms with Crippen LogP contribution in [0.15, 0.2) is 45.0 Å². The second kappa shape index (κ2) is 9.51. The summed E-state index contributed by atoms with van der Waals surface area (Å²) in [5, 5.41) is 14.4. The van der Waals surface area contributed by atoms with Gasteiger partial charge in [0.15, 0.2) is 0 Å². The molecule has 0 aliphatic rings. The SMILES string of the molecule is CCCCCCC(=O)N/N=C(\C)c1c(O)n(-c2ccccc2)c(=O)[nH]c1=O. The first-order valence-corrected chi connectivity index (χ1v) is 8.93. The van der Waals surface area contributed by atoms with Crippen molar-refractivity contribution in [1.82, 2.24) is 15.0 Å². The van der Waals surface area contributed by atoms with Gasteiger partial charge in [-0.15, -0.1) is 0 Å². The topological polar surface area (TPSA) is 117 Å². The number of unbranched alkanes of at least 4 members (excludes halogenated alkanes) is 3. The van der Waals surface area contributed by atoms with Crippen molar-refractivity contribution in [2.75, 3.05) is 0 Å². The van der Waals surface area contributed by atoms with E-state index < -0.39 is 17.1 Å². The molecule has 0 saturated carbocycles. The molecule has 0 spiro atoms. The Morgan fingerprint density at radius 3 is 2.56 bits per heavy atom. The van der Waals surface area contributed by atoms with Crippen LogP contribution < -0.4 is 16.7 Å². The number of aromatic amines is 1. The molecule has 0 aliphatic carbocycles. The highest BCUT2D eigenvalue weighted by Gasteiger charge is 2.18. The van der Waals surface area contributed by atoms with Gasteiger partial charge in [-0.2, -0.15) is 5.10 Å². The number of aromatic nitrogens is 2. The summed E-state index contributed by atoms with van der Waals surface area (Å²) in [5.74, 6) is -0.800. The molecule has 8 heteroatoms. The molecule has 0 unspecified atom stereocenters. The van der Waals surface area contributed by atoms with E-state index in [1.54, 1.807) is 30.3 Å². The lowest BCUT2D eigenvalue weighted by Gasteiger charge is -2.11. The molecule has 3 N–H and O–H groups in total. The molecule has 0 saturated heterocycles. The number of hydrogen-bond acceptors (Lipinski definition) is 5. The molecular weight excluding hydrogens is 348 g/mol. The average molecular weight is 372 g/mol. The van der Waals surface area contributed by atoms with Gasteiger partial charge in [0.1, 0.15) is 5.56 Å². The van der Waals surface area contributed by atoms with E-state index in [2.05, 4.69) is 22.4 Å². The molecule has 1 heterocycles. The van der Waals surface area contributed by atoms with Crippen molar-refractivity contribution in [3.05, 3.63) is 56.7 Å². The van der Waals surface area contributed by atoms with E-state index in [0.29, 0.717) is 12.1 Å². The van der Waals surface area contributed by atoms with Crippen LogP contribution in [0, 0.1) is 0 Å². The van der Waals surface area contributed by atoms with Gasteiger partial charge in [-0.05, 0) is 25.5 Å². The van der Waals surface area contributed by atoms with Crippen LogP contribution in [0.5, 0.6) is 5.88 Å². The Balaban J connectivity index is 2.26. The van der Waals surface area contributed by atoms with Gasteiger partial charge < -0.3 is 5.11 Å². The Labute approximate surface area is 156 Å². The zero-order valence-corrected chi connectivity index (χ0v) is 15.5. The molecule has 0 aliphatic heterocycles. The van der Waals surface area contributed by atoms with Crippen molar-refractivity contribution in [3.63, 3.8) is 0 Å². The van der Waals surface area contributed by atoms with Gasteiger partial charge in [0.25, 0.3) is 5.56 Å². The van der Waals surface area contributed by atoms with Gasteiger partial charge in [-0.25, -0.2) is 14.8 Å². The molecule has 0 atom stereocenters. The molecule has 27 heavy (non-hydrogen) atoms. The highest BCUT2D eigenvalue weighted by atomic mass is 16.3. The largest absolute Gasteiger partial charge is 0.493 e. The maximum atomic E-state index is 12.2. The van der Waals surface area contributed by atoms with Crippen molar-refractivity contribution in [2.24, 2.45) is 5.10 Å². The summed E-state index contributed by atoms with van der Waals surface area (Å²) < 4.78 is 0.975. The zero-order chi connectivity index (χ0) is 19.8. The summed E-state index contributed by atoms with van der Waals surface area (Å²) in [7, 11) is 0. The van der Waals surface area contributed by atoms with Crippen LogP contribution in [0.2, 0.25) is 0 Å². The van der Waals surface area contributed by atoms with E-state index >= 15 is 0 Å². The Morgan fingerprint density at radius 2 is 1.89 bits per heavy atom. The van der Waals surface area contributed by atoms with Gasteiger partial charge in [0, 0.05) is 6.42 Å². The van der Waals surface area contributed by atoms with E-state index in [0.717, 1.165) is 30.3 Å². The standard InChI is InChI=1S/C19H24N4O4/c1-3-4-5-9-12-15(24)22-21-13(2)16-17(25)20-19(27)23(18(16)26)14-10-7-6-8-11-14/h6-8,10-11,26H,3-5,9,12H2,1-2H3,(H,22,24)(H,20,25,27)/b21-13+. The Hall–Kier alpha value is -3.16. The monoisotopic (exact) mass is 372 g/mol. The van der Waals surface area contributed by atoms with Crippen molar-refractivity contribution in [3.8, 4) is 11.6 Å². The molecule has 1 amide bonds. The third-order valence-corrected chi connectivity index (χ3v) is 4.07. The molecule has 144 valence electrons. The lowest BCUT2D eigenvalue weighted by atomic mass is 10.1. The summed E-state index contributed by atoms with van der Waals surface area (Å²) in [6.45, 7) is 3.56. The first-order chi connectivity index (χ1) is 13.0. The number of hydrazone groups is 1. The third kappa shape index (κ3) is 5.16. The van der Waals surface area contributed by atoms with Crippen LogP contribution in [0.1, 0.15) is 51.5 Å². The second-order valence-corrected chi connectivity index (χ2v) is 6.17. The summed E-state index contributed by atoms with van der Waals surface area (Å²) in [6, 6.07) is 8.40. The van der Waals surface area contributed by atoms with E-state index in [4.69, 9.17) is 0 Å². The summed E-state index contributed by atoms with van der Waals surface area (Å²) in [5.41, 5.74) is 1.16. The molecule has 8 nitrogen and oxygen atoms in total. The van der Waals surface area contributed by atoms with Crippen LogP contribution in [-0.4, -0.2) is 26.3 Å². The first-order valence-electron chi connectivity index (χ1n) is 8.93. The number of H-pyrrole nitrogens is 1. The Kier molecular flexibility index (Phi) is 7.10. The van der Waals surface area contributed by atoms with E-state index in [1.165, 1.54) is 6.92 Å². The van der Waals surface area contributed by atoms with Gasteiger partial charge in [-0.1, -0.05) is 44.4 Å². The molecule has 0 radical (unpaired) electrons. The van der Waals surface area contributed by atoms with E-state index in [1.807, 2.05) is 0 Å². The number of benzene rings is 1. The molecule has 0 fully saturated rings. The van der Waals surface area contributed by atoms with Crippen molar-refractivity contribution < 1.29 is 9.90 Å².